The minimum absolute atomic E-state index is 0.102. The van der Waals surface area contributed by atoms with Gasteiger partial charge >= 0.3 is 0 Å². The molecule has 0 aliphatic carbocycles. The molecule has 0 aromatic carbocycles. The lowest BCUT2D eigenvalue weighted by Gasteiger charge is -2.26. The number of carbonyl (C=O) groups excluding carboxylic acids is 1. The number of fused-ring (bicyclic) bond motifs is 1. The van der Waals surface area contributed by atoms with Gasteiger partial charge < -0.3 is 16.0 Å². The van der Waals surface area contributed by atoms with Gasteiger partial charge in [0.1, 0.15) is 5.82 Å². The van der Waals surface area contributed by atoms with Crippen LogP contribution in [0.5, 0.6) is 0 Å². The summed E-state index contributed by atoms with van der Waals surface area (Å²) in [7, 11) is 0. The van der Waals surface area contributed by atoms with Gasteiger partial charge in [-0.15, -0.1) is 11.3 Å². The SMILES string of the molecule is CCN(CC)C(C)CNC(=O)c1cc(-c2cnn3ccc(-c4cccs4)nc23)nc(N2CC[C@@H](N)C2)c1. The number of likely N-dealkylation sites (N-methyl/N-ethyl adjacent to an activating group) is 1. The molecule has 2 atom stereocenters. The molecule has 4 aromatic rings. The van der Waals surface area contributed by atoms with E-state index in [1.165, 1.54) is 0 Å². The fourth-order valence-electron chi connectivity index (χ4n) is 4.87. The Bertz CT molecular complexity index is 1360. The number of rotatable bonds is 9. The molecule has 5 rings (SSSR count). The second-order valence-electron chi connectivity index (χ2n) is 9.49. The van der Waals surface area contributed by atoms with Crippen molar-refractivity contribution in [2.75, 3.05) is 37.6 Å². The van der Waals surface area contributed by atoms with Gasteiger partial charge in [0.05, 0.1) is 28.0 Å². The number of hydrogen-bond donors (Lipinski definition) is 2. The van der Waals surface area contributed by atoms with Gasteiger partial charge in [-0.2, -0.15) is 5.10 Å². The third kappa shape index (κ3) is 5.36. The van der Waals surface area contributed by atoms with Gasteiger partial charge in [0, 0.05) is 43.5 Å². The normalized spacial score (nSPS) is 16.6. The summed E-state index contributed by atoms with van der Waals surface area (Å²) in [5.74, 6) is 0.636. The van der Waals surface area contributed by atoms with Crippen LogP contribution in [0.15, 0.2) is 48.1 Å². The van der Waals surface area contributed by atoms with E-state index in [4.69, 9.17) is 15.7 Å². The number of anilines is 1. The summed E-state index contributed by atoms with van der Waals surface area (Å²) >= 11 is 1.64. The van der Waals surface area contributed by atoms with Crippen LogP contribution >= 0.6 is 11.3 Å². The zero-order valence-corrected chi connectivity index (χ0v) is 22.4. The van der Waals surface area contributed by atoms with Crippen molar-refractivity contribution in [3.63, 3.8) is 0 Å². The molecule has 5 heterocycles. The molecule has 3 N–H and O–H groups in total. The Morgan fingerprint density at radius 1 is 1.24 bits per heavy atom. The zero-order valence-electron chi connectivity index (χ0n) is 21.6. The van der Waals surface area contributed by atoms with Crippen molar-refractivity contribution in [1.82, 2.24) is 29.8 Å². The number of pyridine rings is 1. The highest BCUT2D eigenvalue weighted by Gasteiger charge is 2.24. The summed E-state index contributed by atoms with van der Waals surface area (Å²) < 4.78 is 1.75. The maximum atomic E-state index is 13.3. The van der Waals surface area contributed by atoms with Gasteiger partial charge in [-0.3, -0.25) is 9.69 Å². The molecule has 1 fully saturated rings. The van der Waals surface area contributed by atoms with Crippen molar-refractivity contribution in [2.45, 2.75) is 39.3 Å². The molecule has 1 aliphatic heterocycles. The van der Waals surface area contributed by atoms with Crippen LogP contribution in [0.3, 0.4) is 0 Å². The average Bonchev–Trinajstić information content (AvgIpc) is 3.68. The third-order valence-corrected chi connectivity index (χ3v) is 7.93. The van der Waals surface area contributed by atoms with E-state index < -0.39 is 0 Å². The van der Waals surface area contributed by atoms with Crippen LogP contribution in [0, 0.1) is 0 Å². The smallest absolute Gasteiger partial charge is 0.251 e. The standard InChI is InChI=1S/C27H34N8OS/c1-4-33(5-2)18(3)15-29-27(36)19-13-23(31-25(14-19)34-10-8-20(28)17-34)21-16-30-35-11-9-22(32-26(21)35)24-7-6-12-37-24/h6-7,9,11-14,16,18,20H,4-5,8,10,15,17,28H2,1-3H3,(H,29,36)/t18?,20-/m1/s1. The molecule has 0 radical (unpaired) electrons. The minimum atomic E-state index is -0.115. The molecule has 0 spiro atoms. The molecular weight excluding hydrogens is 484 g/mol. The van der Waals surface area contributed by atoms with E-state index >= 15 is 0 Å². The molecule has 10 heteroatoms. The first-order valence-corrected chi connectivity index (χ1v) is 13.8. The number of hydrogen-bond acceptors (Lipinski definition) is 8. The number of nitrogens with zero attached hydrogens (tertiary/aromatic N) is 6. The van der Waals surface area contributed by atoms with Gasteiger partial charge in [-0.25, -0.2) is 14.5 Å². The molecular formula is C27H34N8OS. The molecule has 1 saturated heterocycles. The fourth-order valence-corrected chi connectivity index (χ4v) is 5.57. The Balaban J connectivity index is 1.51. The van der Waals surface area contributed by atoms with Crippen LogP contribution in [0.25, 0.3) is 27.5 Å². The number of nitrogens with one attached hydrogen (secondary N) is 1. The summed E-state index contributed by atoms with van der Waals surface area (Å²) in [6, 6.07) is 10.1. The second kappa shape index (κ2) is 11.0. The van der Waals surface area contributed by atoms with Gasteiger partial charge in [-0.1, -0.05) is 19.9 Å². The van der Waals surface area contributed by atoms with Gasteiger partial charge in [0.15, 0.2) is 5.65 Å². The highest BCUT2D eigenvalue weighted by Crippen LogP contribution is 2.29. The van der Waals surface area contributed by atoms with E-state index in [-0.39, 0.29) is 18.0 Å². The number of aromatic nitrogens is 4. The van der Waals surface area contributed by atoms with Crippen molar-refractivity contribution < 1.29 is 4.79 Å². The Labute approximate surface area is 221 Å². The largest absolute Gasteiger partial charge is 0.355 e. The molecule has 1 amide bonds. The van der Waals surface area contributed by atoms with Crippen LogP contribution in [0.2, 0.25) is 0 Å². The van der Waals surface area contributed by atoms with E-state index in [1.54, 1.807) is 22.0 Å². The average molecular weight is 519 g/mol. The Hall–Kier alpha value is -3.34. The lowest BCUT2D eigenvalue weighted by Crippen LogP contribution is -2.42. The molecule has 0 saturated carbocycles. The van der Waals surface area contributed by atoms with E-state index in [0.29, 0.717) is 30.0 Å². The number of amides is 1. The maximum Gasteiger partial charge on any atom is 0.251 e. The molecule has 37 heavy (non-hydrogen) atoms. The quantitative estimate of drug-likeness (QED) is 0.349. The Morgan fingerprint density at radius 3 is 2.78 bits per heavy atom. The topological polar surface area (TPSA) is 105 Å². The molecule has 0 bridgehead atoms. The lowest BCUT2D eigenvalue weighted by atomic mass is 10.1. The van der Waals surface area contributed by atoms with Crippen LogP contribution < -0.4 is 16.0 Å². The first kappa shape index (κ1) is 25.3. The highest BCUT2D eigenvalue weighted by atomic mass is 32.1. The summed E-state index contributed by atoms with van der Waals surface area (Å²) in [6.07, 6.45) is 4.58. The van der Waals surface area contributed by atoms with E-state index in [2.05, 4.69) is 47.1 Å². The van der Waals surface area contributed by atoms with E-state index in [1.807, 2.05) is 35.8 Å². The van der Waals surface area contributed by atoms with Gasteiger partial charge in [0.2, 0.25) is 0 Å². The second-order valence-corrected chi connectivity index (χ2v) is 10.4. The predicted molar refractivity (Wildman–Crippen MR) is 149 cm³/mol. The van der Waals surface area contributed by atoms with Crippen molar-refractivity contribution >= 4 is 28.7 Å². The summed E-state index contributed by atoms with van der Waals surface area (Å²) in [6.45, 7) is 10.4. The van der Waals surface area contributed by atoms with Crippen molar-refractivity contribution in [3.05, 3.63) is 53.7 Å². The zero-order chi connectivity index (χ0) is 25.9. The monoisotopic (exact) mass is 518 g/mol. The number of carbonyl (C=O) groups is 1. The molecule has 1 unspecified atom stereocenters. The van der Waals surface area contributed by atoms with Gasteiger partial charge in [-0.05, 0) is 56.1 Å². The predicted octanol–water partition coefficient (Wildman–Crippen LogP) is 3.52. The Morgan fingerprint density at radius 2 is 2.08 bits per heavy atom. The number of thiophene rings is 1. The van der Waals surface area contributed by atoms with Crippen LogP contribution in [-0.4, -0.2) is 75.2 Å². The van der Waals surface area contributed by atoms with Crippen molar-refractivity contribution in [1.29, 1.82) is 0 Å². The Kier molecular flexibility index (Phi) is 7.50. The first-order valence-electron chi connectivity index (χ1n) is 12.9. The van der Waals surface area contributed by atoms with Crippen molar-refractivity contribution in [3.8, 4) is 21.8 Å². The van der Waals surface area contributed by atoms with Crippen molar-refractivity contribution in [2.24, 2.45) is 5.73 Å². The lowest BCUT2D eigenvalue weighted by molar-refractivity contribution is 0.0938. The summed E-state index contributed by atoms with van der Waals surface area (Å²) in [5, 5.41) is 9.67. The fraction of sp³-hybridized carbons (Fsp3) is 0.407. The van der Waals surface area contributed by atoms with E-state index in [0.717, 1.165) is 48.0 Å². The van der Waals surface area contributed by atoms with Crippen LogP contribution in [0.1, 0.15) is 37.6 Å². The summed E-state index contributed by atoms with van der Waals surface area (Å²) in [5.41, 5.74) is 9.81. The number of nitrogens with two attached hydrogens (primary N) is 1. The summed E-state index contributed by atoms with van der Waals surface area (Å²) in [4.78, 5) is 28.8. The minimum Gasteiger partial charge on any atom is -0.355 e. The van der Waals surface area contributed by atoms with Gasteiger partial charge in [0.25, 0.3) is 5.91 Å². The molecule has 9 nitrogen and oxygen atoms in total. The first-order chi connectivity index (χ1) is 18.0. The molecule has 1 aliphatic rings. The van der Waals surface area contributed by atoms with E-state index in [9.17, 15) is 4.79 Å². The maximum absolute atomic E-state index is 13.3. The van der Waals surface area contributed by atoms with Crippen LogP contribution in [-0.2, 0) is 0 Å². The molecule has 4 aromatic heterocycles. The highest BCUT2D eigenvalue weighted by molar-refractivity contribution is 7.13. The molecule has 194 valence electrons. The van der Waals surface area contributed by atoms with Crippen LogP contribution in [0.4, 0.5) is 5.82 Å². The third-order valence-electron chi connectivity index (χ3n) is 7.04.